The van der Waals surface area contributed by atoms with Crippen molar-refractivity contribution in [3.8, 4) is 0 Å². The van der Waals surface area contributed by atoms with Gasteiger partial charge in [0.2, 0.25) is 5.91 Å². The van der Waals surface area contributed by atoms with Crippen LogP contribution >= 0.6 is 27.5 Å². The lowest BCUT2D eigenvalue weighted by Gasteiger charge is -2.20. The zero-order valence-electron chi connectivity index (χ0n) is 15.1. The van der Waals surface area contributed by atoms with E-state index in [1.165, 1.54) is 0 Å². The van der Waals surface area contributed by atoms with Crippen LogP contribution in [-0.2, 0) is 4.79 Å². The molecule has 0 spiro atoms. The van der Waals surface area contributed by atoms with Gasteiger partial charge >= 0.3 is 0 Å². The smallest absolute Gasteiger partial charge is 0.271 e. The molecule has 0 bridgehead atoms. The number of benzene rings is 1. The predicted molar refractivity (Wildman–Crippen MR) is 108 cm³/mol. The monoisotopic (exact) mass is 467 g/mol. The standard InChI is InChI=1S/C18H19BrClN5O3/c1-25-9-5-4-8-12(18(25)28)21-17(27)14-13(19)15(24-23-14)22-16(26)10-6-2-3-7-11(10)20/h2-3,6-7,12H,4-5,8-9H2,1H3,(H,21,27)(H2,22,23,24,26)/t12-/m1/s1. The number of carbonyl (C=O) groups excluding carboxylic acids is 3. The molecule has 2 heterocycles. The van der Waals surface area contributed by atoms with Crippen molar-refractivity contribution in [2.45, 2.75) is 25.3 Å². The summed E-state index contributed by atoms with van der Waals surface area (Å²) in [6, 6.07) is 6.02. The molecule has 1 fully saturated rings. The molecule has 0 aliphatic carbocycles. The Hall–Kier alpha value is -2.39. The lowest BCUT2D eigenvalue weighted by atomic mass is 10.1. The molecule has 3 rings (SSSR count). The van der Waals surface area contributed by atoms with Crippen LogP contribution in [0.25, 0.3) is 0 Å². The number of carbonyl (C=O) groups is 3. The first-order chi connectivity index (χ1) is 13.4. The maximum atomic E-state index is 12.6. The van der Waals surface area contributed by atoms with Crippen molar-refractivity contribution in [1.82, 2.24) is 20.4 Å². The van der Waals surface area contributed by atoms with E-state index in [1.54, 1.807) is 36.2 Å². The van der Waals surface area contributed by atoms with Gasteiger partial charge in [0.25, 0.3) is 11.8 Å². The van der Waals surface area contributed by atoms with Gasteiger partial charge in [0.1, 0.15) is 11.7 Å². The SMILES string of the molecule is CN1CCCC[C@@H](NC(=O)c2[nH]nc(NC(=O)c3ccccc3Cl)c2Br)C1=O. The first-order valence-electron chi connectivity index (χ1n) is 8.74. The van der Waals surface area contributed by atoms with E-state index in [4.69, 9.17) is 11.6 Å². The highest BCUT2D eigenvalue weighted by atomic mass is 79.9. The Morgan fingerprint density at radius 3 is 2.79 bits per heavy atom. The summed E-state index contributed by atoms with van der Waals surface area (Å²) in [5, 5.41) is 12.2. The van der Waals surface area contributed by atoms with Gasteiger partial charge in [0.05, 0.1) is 15.1 Å². The summed E-state index contributed by atoms with van der Waals surface area (Å²) in [6.07, 6.45) is 2.33. The minimum atomic E-state index is -0.587. The van der Waals surface area contributed by atoms with Gasteiger partial charge in [-0.3, -0.25) is 19.5 Å². The Kier molecular flexibility index (Phi) is 6.35. The van der Waals surface area contributed by atoms with Crippen LogP contribution in [0.4, 0.5) is 5.82 Å². The van der Waals surface area contributed by atoms with Crippen LogP contribution in [0.3, 0.4) is 0 Å². The van der Waals surface area contributed by atoms with E-state index in [0.29, 0.717) is 22.5 Å². The molecule has 1 aliphatic heterocycles. The van der Waals surface area contributed by atoms with Crippen LogP contribution in [0.15, 0.2) is 28.7 Å². The van der Waals surface area contributed by atoms with E-state index in [2.05, 4.69) is 36.8 Å². The van der Waals surface area contributed by atoms with Gasteiger partial charge in [-0.05, 0) is 47.3 Å². The average molecular weight is 469 g/mol. The number of aromatic amines is 1. The lowest BCUT2D eigenvalue weighted by molar-refractivity contribution is -0.131. The largest absolute Gasteiger partial charge is 0.344 e. The van der Waals surface area contributed by atoms with Crippen LogP contribution in [-0.4, -0.2) is 52.5 Å². The van der Waals surface area contributed by atoms with Crippen LogP contribution in [0.2, 0.25) is 5.02 Å². The highest BCUT2D eigenvalue weighted by Gasteiger charge is 2.28. The Morgan fingerprint density at radius 1 is 1.29 bits per heavy atom. The van der Waals surface area contributed by atoms with Crippen molar-refractivity contribution in [2.75, 3.05) is 18.9 Å². The molecule has 0 saturated carbocycles. The number of H-pyrrole nitrogens is 1. The molecule has 0 radical (unpaired) electrons. The zero-order valence-corrected chi connectivity index (χ0v) is 17.4. The van der Waals surface area contributed by atoms with Gasteiger partial charge < -0.3 is 15.5 Å². The molecule has 3 amide bonds. The van der Waals surface area contributed by atoms with E-state index in [1.807, 2.05) is 0 Å². The van der Waals surface area contributed by atoms with E-state index in [0.717, 1.165) is 12.8 Å². The fourth-order valence-corrected chi connectivity index (χ4v) is 3.62. The third kappa shape index (κ3) is 4.36. The maximum Gasteiger partial charge on any atom is 0.271 e. The summed E-state index contributed by atoms with van der Waals surface area (Å²) in [6.45, 7) is 0.678. The van der Waals surface area contributed by atoms with Crippen LogP contribution in [0.1, 0.15) is 40.1 Å². The van der Waals surface area contributed by atoms with E-state index in [-0.39, 0.29) is 23.0 Å². The predicted octanol–water partition coefficient (Wildman–Crippen LogP) is 2.82. The lowest BCUT2D eigenvalue weighted by Crippen LogP contribution is -2.46. The first-order valence-corrected chi connectivity index (χ1v) is 9.91. The van der Waals surface area contributed by atoms with E-state index >= 15 is 0 Å². The molecule has 148 valence electrons. The van der Waals surface area contributed by atoms with Crippen molar-refractivity contribution in [3.63, 3.8) is 0 Å². The molecule has 1 aromatic heterocycles. The quantitative estimate of drug-likeness (QED) is 0.641. The molecule has 2 aromatic rings. The van der Waals surface area contributed by atoms with Crippen LogP contribution in [0.5, 0.6) is 0 Å². The number of likely N-dealkylation sites (tertiary alicyclic amines) is 1. The second kappa shape index (κ2) is 8.74. The van der Waals surface area contributed by atoms with Crippen molar-refractivity contribution in [1.29, 1.82) is 0 Å². The van der Waals surface area contributed by atoms with Gasteiger partial charge in [-0.15, -0.1) is 0 Å². The molecule has 3 N–H and O–H groups in total. The van der Waals surface area contributed by atoms with Crippen LogP contribution < -0.4 is 10.6 Å². The molecule has 0 unspecified atom stereocenters. The number of amides is 3. The third-order valence-electron chi connectivity index (χ3n) is 4.50. The highest BCUT2D eigenvalue weighted by molar-refractivity contribution is 9.10. The molecule has 8 nitrogen and oxygen atoms in total. The highest BCUT2D eigenvalue weighted by Crippen LogP contribution is 2.25. The molecular weight excluding hydrogens is 450 g/mol. The van der Waals surface area contributed by atoms with Gasteiger partial charge in [-0.2, -0.15) is 5.10 Å². The Morgan fingerprint density at radius 2 is 2.04 bits per heavy atom. The normalized spacial score (nSPS) is 17.2. The van der Waals surface area contributed by atoms with Crippen LogP contribution in [0, 0.1) is 0 Å². The molecule has 1 aliphatic rings. The van der Waals surface area contributed by atoms with Crippen molar-refractivity contribution >= 4 is 51.1 Å². The minimum Gasteiger partial charge on any atom is -0.344 e. The number of nitrogens with zero attached hydrogens (tertiary/aromatic N) is 2. The Bertz CT molecular complexity index is 916. The van der Waals surface area contributed by atoms with Crippen molar-refractivity contribution in [3.05, 3.63) is 45.0 Å². The summed E-state index contributed by atoms with van der Waals surface area (Å²) < 4.78 is 0.292. The van der Waals surface area contributed by atoms with Crippen molar-refractivity contribution in [2.24, 2.45) is 0 Å². The number of likely N-dealkylation sites (N-methyl/N-ethyl adjacent to an activating group) is 1. The topological polar surface area (TPSA) is 107 Å². The van der Waals surface area contributed by atoms with Crippen molar-refractivity contribution < 1.29 is 14.4 Å². The molecule has 1 atom stereocenters. The minimum absolute atomic E-state index is 0.117. The molecule has 10 heteroatoms. The van der Waals surface area contributed by atoms with Gasteiger partial charge in [-0.25, -0.2) is 0 Å². The number of halogens is 2. The Balaban J connectivity index is 1.72. The van der Waals surface area contributed by atoms with E-state index in [9.17, 15) is 14.4 Å². The molecule has 28 heavy (non-hydrogen) atoms. The summed E-state index contributed by atoms with van der Waals surface area (Å²) in [7, 11) is 1.72. The Labute approximate surface area is 175 Å². The first kappa shape index (κ1) is 20.3. The van der Waals surface area contributed by atoms with Gasteiger partial charge in [0, 0.05) is 13.6 Å². The number of anilines is 1. The summed E-state index contributed by atoms with van der Waals surface area (Å²) >= 11 is 9.31. The van der Waals surface area contributed by atoms with Gasteiger partial charge in [-0.1, -0.05) is 23.7 Å². The second-order valence-electron chi connectivity index (χ2n) is 6.48. The molecule has 1 saturated heterocycles. The molecular formula is C18H19BrClN5O3. The van der Waals surface area contributed by atoms with E-state index < -0.39 is 17.9 Å². The maximum absolute atomic E-state index is 12.6. The number of nitrogens with one attached hydrogen (secondary N) is 3. The average Bonchev–Trinajstić information content (AvgIpc) is 2.95. The number of aromatic nitrogens is 2. The number of hydrogen-bond donors (Lipinski definition) is 3. The summed E-state index contributed by atoms with van der Waals surface area (Å²) in [4.78, 5) is 38.9. The third-order valence-corrected chi connectivity index (χ3v) is 5.60. The number of rotatable bonds is 4. The zero-order chi connectivity index (χ0) is 20.3. The summed E-state index contributed by atoms with van der Waals surface area (Å²) in [5.41, 5.74) is 0.409. The molecule has 1 aromatic carbocycles. The second-order valence-corrected chi connectivity index (χ2v) is 7.68. The fourth-order valence-electron chi connectivity index (χ4n) is 2.94. The van der Waals surface area contributed by atoms with Gasteiger partial charge in [0.15, 0.2) is 5.82 Å². The number of hydrogen-bond acceptors (Lipinski definition) is 4. The fraction of sp³-hybridized carbons (Fsp3) is 0.333. The summed E-state index contributed by atoms with van der Waals surface area (Å²) in [5.74, 6) is -0.898.